The summed E-state index contributed by atoms with van der Waals surface area (Å²) in [5.41, 5.74) is 10.8. The van der Waals surface area contributed by atoms with Gasteiger partial charge >= 0.3 is 0 Å². The largest absolute Gasteiger partial charge is 0.456 e. The van der Waals surface area contributed by atoms with Gasteiger partial charge in [0.25, 0.3) is 0 Å². The zero-order valence-corrected chi connectivity index (χ0v) is 36.1. The lowest BCUT2D eigenvalue weighted by Crippen LogP contribution is -2.74. The van der Waals surface area contributed by atoms with Crippen LogP contribution in [-0.4, -0.2) is 12.6 Å². The Morgan fingerprint density at radius 3 is 1.47 bits per heavy atom. The molecule has 2 aromatic heterocycles. The molecule has 0 aliphatic rings. The van der Waals surface area contributed by atoms with E-state index in [4.69, 9.17) is 4.42 Å². The Kier molecular flexibility index (Phi) is 9.17. The summed E-state index contributed by atoms with van der Waals surface area (Å²) >= 11 is 0. The van der Waals surface area contributed by atoms with Crippen LogP contribution < -0.4 is 25.6 Å². The van der Waals surface area contributed by atoms with E-state index < -0.39 is 8.07 Å². The number of fused-ring (bicyclic) bond motifs is 6. The lowest BCUT2D eigenvalue weighted by molar-refractivity contribution is 0.669. The van der Waals surface area contributed by atoms with Crippen LogP contribution in [0, 0.1) is 0 Å². The third-order valence-corrected chi connectivity index (χ3v) is 17.7. The molecule has 0 spiro atoms. The van der Waals surface area contributed by atoms with Crippen LogP contribution in [0.25, 0.3) is 60.6 Å². The van der Waals surface area contributed by atoms with E-state index in [1.165, 1.54) is 37.0 Å². The molecule has 0 unspecified atom stereocenters. The number of aromatic nitrogens is 1. The minimum Gasteiger partial charge on any atom is -0.456 e. The maximum Gasteiger partial charge on any atom is 0.179 e. The highest BCUT2D eigenvalue weighted by molar-refractivity contribution is 7.19. The normalized spacial score (nSPS) is 11.8. The van der Waals surface area contributed by atoms with E-state index >= 15 is 0 Å². The molecule has 0 saturated heterocycles. The highest BCUT2D eigenvalue weighted by atomic mass is 28.3. The smallest absolute Gasteiger partial charge is 0.179 e. The van der Waals surface area contributed by atoms with Gasteiger partial charge in [0.2, 0.25) is 0 Å². The molecule has 0 saturated carbocycles. The average Bonchev–Trinajstić information content (AvgIpc) is 3.93. The van der Waals surface area contributed by atoms with Gasteiger partial charge in [-0.25, -0.2) is 0 Å². The van der Waals surface area contributed by atoms with E-state index in [1.807, 2.05) is 12.1 Å². The van der Waals surface area contributed by atoms with Crippen LogP contribution in [0.4, 0.5) is 17.1 Å². The van der Waals surface area contributed by atoms with Crippen LogP contribution in [0.3, 0.4) is 0 Å². The van der Waals surface area contributed by atoms with Gasteiger partial charge in [-0.1, -0.05) is 188 Å². The second-order valence-corrected chi connectivity index (χ2v) is 20.2. The van der Waals surface area contributed by atoms with Crippen molar-refractivity contribution in [3.8, 4) is 16.8 Å². The van der Waals surface area contributed by atoms with Crippen LogP contribution in [0.15, 0.2) is 259 Å². The first-order valence-corrected chi connectivity index (χ1v) is 23.9. The van der Waals surface area contributed by atoms with Crippen molar-refractivity contribution in [1.29, 1.82) is 0 Å². The lowest BCUT2D eigenvalue weighted by Gasteiger charge is -2.35. The van der Waals surface area contributed by atoms with Crippen molar-refractivity contribution in [2.45, 2.75) is 0 Å². The topological polar surface area (TPSA) is 21.3 Å². The van der Waals surface area contributed by atoms with E-state index in [2.05, 4.69) is 252 Å². The fraction of sp³-hybridized carbons (Fsp3) is 0. The highest BCUT2D eigenvalue weighted by Gasteiger charge is 2.41. The SMILES string of the molecule is c1ccc(-n2c3ccccc3c3c(N(c4ccc(-c5cccc6oc7ccccc7c56)cc4)c4ccc([Si](c5ccccc5)(c5ccccc5)c5ccccc5)cc4)cccc32)cc1. The average molecular weight is 835 g/mol. The number of hydrogen-bond acceptors (Lipinski definition) is 2. The molecule has 0 bridgehead atoms. The molecule has 0 amide bonds. The van der Waals surface area contributed by atoms with Gasteiger partial charge in [-0.3, -0.25) is 0 Å². The van der Waals surface area contributed by atoms with Crippen molar-refractivity contribution >= 4 is 89.6 Å². The fourth-order valence-electron chi connectivity index (χ4n) is 10.2. The second kappa shape index (κ2) is 15.6. The van der Waals surface area contributed by atoms with Crippen LogP contribution in [0.1, 0.15) is 0 Å². The first kappa shape index (κ1) is 37.6. The molecule has 10 aromatic carbocycles. The van der Waals surface area contributed by atoms with E-state index in [9.17, 15) is 0 Å². The molecule has 2 heterocycles. The standard InChI is InChI=1S/C60H42N2OSi/c1-5-19-44(20-6-1)62-54-30-15-13-27-52(54)60-55(31-18-32-56(60)62)61(45-37-35-43(36-38-45)51-29-17-34-58-59(51)53-28-14-16-33-57(53)63-58)46-39-41-50(42-40-46)64(47-21-7-2-8-22-47,48-23-9-3-10-24-48)49-25-11-4-12-26-49/h1-42H. The second-order valence-electron chi connectivity index (χ2n) is 16.4. The summed E-state index contributed by atoms with van der Waals surface area (Å²) in [4.78, 5) is 2.45. The Labute approximate surface area is 373 Å². The molecule has 12 aromatic rings. The number of para-hydroxylation sites is 3. The van der Waals surface area contributed by atoms with Gasteiger partial charge in [-0.15, -0.1) is 0 Å². The third-order valence-electron chi connectivity index (χ3n) is 12.9. The van der Waals surface area contributed by atoms with E-state index in [-0.39, 0.29) is 0 Å². The molecule has 64 heavy (non-hydrogen) atoms. The molecular weight excluding hydrogens is 793 g/mol. The Morgan fingerprint density at radius 1 is 0.344 bits per heavy atom. The van der Waals surface area contributed by atoms with Gasteiger partial charge < -0.3 is 13.9 Å². The predicted molar refractivity (Wildman–Crippen MR) is 272 cm³/mol. The number of rotatable bonds is 9. The summed E-state index contributed by atoms with van der Waals surface area (Å²) in [6.45, 7) is 0. The predicted octanol–water partition coefficient (Wildman–Crippen LogP) is 13.2. The Bertz CT molecular complexity index is 3490. The van der Waals surface area contributed by atoms with Gasteiger partial charge in [0.1, 0.15) is 11.2 Å². The van der Waals surface area contributed by atoms with Crippen LogP contribution in [0.5, 0.6) is 0 Å². The quantitative estimate of drug-likeness (QED) is 0.107. The van der Waals surface area contributed by atoms with Gasteiger partial charge in [0.15, 0.2) is 8.07 Å². The molecule has 4 heteroatoms. The molecular formula is C60H42N2OSi. The monoisotopic (exact) mass is 834 g/mol. The summed E-state index contributed by atoms with van der Waals surface area (Å²) in [7, 11) is -2.74. The van der Waals surface area contributed by atoms with Gasteiger partial charge in [-0.05, 0) is 98.6 Å². The minimum absolute atomic E-state index is 0.895. The molecule has 12 rings (SSSR count). The lowest BCUT2D eigenvalue weighted by atomic mass is 9.99. The molecule has 0 fully saturated rings. The highest BCUT2D eigenvalue weighted by Crippen LogP contribution is 2.44. The zero-order chi connectivity index (χ0) is 42.5. The zero-order valence-electron chi connectivity index (χ0n) is 35.1. The summed E-state index contributed by atoms with van der Waals surface area (Å²) in [5.74, 6) is 0. The van der Waals surface area contributed by atoms with Crippen molar-refractivity contribution in [1.82, 2.24) is 4.57 Å². The molecule has 0 radical (unpaired) electrons. The maximum atomic E-state index is 6.31. The molecule has 0 aliphatic heterocycles. The van der Waals surface area contributed by atoms with Crippen LogP contribution >= 0.6 is 0 Å². The Balaban J connectivity index is 1.08. The number of benzene rings is 10. The molecule has 3 nitrogen and oxygen atoms in total. The van der Waals surface area contributed by atoms with Crippen molar-refractivity contribution in [3.05, 3.63) is 255 Å². The number of furan rings is 1. The summed E-state index contributed by atoms with van der Waals surface area (Å²) < 4.78 is 8.71. The summed E-state index contributed by atoms with van der Waals surface area (Å²) in [6, 6.07) is 92.9. The first-order valence-electron chi connectivity index (χ1n) is 21.9. The van der Waals surface area contributed by atoms with Crippen molar-refractivity contribution < 1.29 is 4.42 Å². The van der Waals surface area contributed by atoms with Gasteiger partial charge in [0, 0.05) is 38.6 Å². The molecule has 0 N–H and O–H groups in total. The number of hydrogen-bond donors (Lipinski definition) is 0. The Morgan fingerprint density at radius 2 is 0.828 bits per heavy atom. The molecule has 0 atom stereocenters. The number of anilines is 3. The van der Waals surface area contributed by atoms with Crippen LogP contribution in [-0.2, 0) is 0 Å². The van der Waals surface area contributed by atoms with Crippen molar-refractivity contribution in [2.75, 3.05) is 4.90 Å². The minimum atomic E-state index is -2.74. The summed E-state index contributed by atoms with van der Waals surface area (Å²) in [6.07, 6.45) is 0. The van der Waals surface area contributed by atoms with Crippen molar-refractivity contribution in [3.63, 3.8) is 0 Å². The van der Waals surface area contributed by atoms with E-state index in [0.717, 1.165) is 61.3 Å². The van der Waals surface area contributed by atoms with E-state index in [0.29, 0.717) is 0 Å². The fourth-order valence-corrected chi connectivity index (χ4v) is 14.9. The number of nitrogens with zero attached hydrogens (tertiary/aromatic N) is 2. The first-order chi connectivity index (χ1) is 31.8. The molecule has 0 aliphatic carbocycles. The van der Waals surface area contributed by atoms with Gasteiger partial charge in [0.05, 0.1) is 16.7 Å². The third kappa shape index (κ3) is 6.03. The Hall–Kier alpha value is -8.18. The molecule has 302 valence electrons. The van der Waals surface area contributed by atoms with Crippen molar-refractivity contribution in [2.24, 2.45) is 0 Å². The van der Waals surface area contributed by atoms with E-state index in [1.54, 1.807) is 0 Å². The maximum absolute atomic E-state index is 6.31. The van der Waals surface area contributed by atoms with Gasteiger partial charge in [-0.2, -0.15) is 0 Å². The summed E-state index contributed by atoms with van der Waals surface area (Å²) in [5, 5.41) is 10.1. The van der Waals surface area contributed by atoms with Crippen LogP contribution in [0.2, 0.25) is 0 Å².